The van der Waals surface area contributed by atoms with Crippen LogP contribution in [0.25, 0.3) is 0 Å². The van der Waals surface area contributed by atoms with Crippen molar-refractivity contribution in [3.63, 3.8) is 0 Å². The third-order valence-electron chi connectivity index (χ3n) is 2.80. The molecule has 0 saturated carbocycles. The van der Waals surface area contributed by atoms with E-state index >= 15 is 0 Å². The first-order valence-corrected chi connectivity index (χ1v) is 8.14. The molecule has 0 amide bonds. The summed E-state index contributed by atoms with van der Waals surface area (Å²) in [6.07, 6.45) is 0. The molecular formula is C15H15Br2NO3. The third kappa shape index (κ3) is 4.11. The fourth-order valence-electron chi connectivity index (χ4n) is 1.79. The maximum Gasteiger partial charge on any atom is 0.213 e. The molecule has 0 saturated heterocycles. The number of halogens is 2. The highest BCUT2D eigenvalue weighted by molar-refractivity contribution is 9.10. The maximum absolute atomic E-state index is 5.84. The van der Waals surface area contributed by atoms with Gasteiger partial charge in [0.1, 0.15) is 6.61 Å². The van der Waals surface area contributed by atoms with Crippen molar-refractivity contribution in [3.8, 4) is 17.4 Å². The fourth-order valence-corrected chi connectivity index (χ4v) is 2.72. The van der Waals surface area contributed by atoms with Gasteiger partial charge in [-0.25, -0.2) is 4.98 Å². The zero-order valence-electron chi connectivity index (χ0n) is 11.7. The predicted octanol–water partition coefficient (Wildman–Crippen LogP) is 4.34. The molecule has 1 aromatic carbocycles. The molecular weight excluding hydrogens is 402 g/mol. The second kappa shape index (κ2) is 7.66. The van der Waals surface area contributed by atoms with E-state index in [0.29, 0.717) is 24.0 Å². The van der Waals surface area contributed by atoms with Crippen LogP contribution in [-0.4, -0.2) is 19.2 Å². The van der Waals surface area contributed by atoms with Gasteiger partial charge in [-0.15, -0.1) is 0 Å². The van der Waals surface area contributed by atoms with Gasteiger partial charge in [0.15, 0.2) is 11.5 Å². The quantitative estimate of drug-likeness (QED) is 0.657. The number of ether oxygens (including phenoxy) is 3. The van der Waals surface area contributed by atoms with Crippen LogP contribution in [0.4, 0.5) is 0 Å². The van der Waals surface area contributed by atoms with E-state index in [-0.39, 0.29) is 0 Å². The first kappa shape index (κ1) is 16.1. The monoisotopic (exact) mass is 415 g/mol. The molecule has 0 radical (unpaired) electrons. The zero-order valence-corrected chi connectivity index (χ0v) is 14.9. The number of aromatic nitrogens is 1. The zero-order chi connectivity index (χ0) is 15.2. The molecule has 21 heavy (non-hydrogen) atoms. The first-order valence-electron chi connectivity index (χ1n) is 6.23. The minimum atomic E-state index is 0.333. The summed E-state index contributed by atoms with van der Waals surface area (Å²) in [7, 11) is 3.21. The minimum Gasteiger partial charge on any atom is -0.493 e. The Morgan fingerprint density at radius 3 is 2.62 bits per heavy atom. The molecule has 1 heterocycles. The second-order valence-corrected chi connectivity index (χ2v) is 5.62. The van der Waals surface area contributed by atoms with Crippen LogP contribution in [-0.2, 0) is 11.9 Å². The van der Waals surface area contributed by atoms with Crippen LogP contribution < -0.4 is 14.2 Å². The Labute approximate surface area is 140 Å². The lowest BCUT2D eigenvalue weighted by atomic mass is 10.2. The van der Waals surface area contributed by atoms with Crippen LogP contribution in [0, 0.1) is 0 Å². The summed E-state index contributed by atoms with van der Waals surface area (Å²) in [5.74, 6) is 1.91. The van der Waals surface area contributed by atoms with Gasteiger partial charge in [-0.1, -0.05) is 22.0 Å². The summed E-state index contributed by atoms with van der Waals surface area (Å²) >= 11 is 6.94. The smallest absolute Gasteiger partial charge is 0.213 e. The summed E-state index contributed by atoms with van der Waals surface area (Å²) in [6, 6.07) is 9.49. The number of hydrogen-bond acceptors (Lipinski definition) is 4. The molecule has 0 aliphatic carbocycles. The Hall–Kier alpha value is -1.27. The minimum absolute atomic E-state index is 0.333. The highest BCUT2D eigenvalue weighted by Gasteiger charge is 2.12. The van der Waals surface area contributed by atoms with Crippen LogP contribution in [0.5, 0.6) is 17.4 Å². The average molecular weight is 417 g/mol. The van der Waals surface area contributed by atoms with E-state index in [2.05, 4.69) is 36.8 Å². The van der Waals surface area contributed by atoms with E-state index in [4.69, 9.17) is 14.2 Å². The summed E-state index contributed by atoms with van der Waals surface area (Å²) in [5, 5.41) is 0.750. The largest absolute Gasteiger partial charge is 0.493 e. The first-order chi connectivity index (χ1) is 10.2. The van der Waals surface area contributed by atoms with Crippen LogP contribution in [0.1, 0.15) is 11.3 Å². The van der Waals surface area contributed by atoms with E-state index in [1.165, 1.54) is 0 Å². The highest BCUT2D eigenvalue weighted by atomic mass is 79.9. The van der Waals surface area contributed by atoms with Crippen molar-refractivity contribution in [2.75, 3.05) is 14.2 Å². The molecule has 6 heteroatoms. The lowest BCUT2D eigenvalue weighted by molar-refractivity contribution is 0.276. The Bertz CT molecular complexity index is 620. The number of pyridine rings is 1. The lowest BCUT2D eigenvalue weighted by Crippen LogP contribution is -2.02. The van der Waals surface area contributed by atoms with E-state index in [0.717, 1.165) is 21.1 Å². The number of nitrogens with zero attached hydrogens (tertiary/aromatic N) is 1. The van der Waals surface area contributed by atoms with Gasteiger partial charge < -0.3 is 14.2 Å². The summed E-state index contributed by atoms with van der Waals surface area (Å²) < 4.78 is 17.2. The van der Waals surface area contributed by atoms with E-state index in [9.17, 15) is 0 Å². The molecule has 0 unspecified atom stereocenters. The van der Waals surface area contributed by atoms with Crippen LogP contribution in [0.2, 0.25) is 0 Å². The normalized spacial score (nSPS) is 10.3. The summed E-state index contributed by atoms with van der Waals surface area (Å²) in [4.78, 5) is 4.31. The molecule has 0 aliphatic rings. The van der Waals surface area contributed by atoms with Gasteiger partial charge in [0.2, 0.25) is 5.88 Å². The standard InChI is InChI=1S/C15H15Br2NO3/c1-19-13-7-10(8-16)6-12(17)15(13)21-9-11-4-3-5-14(18-11)20-2/h3-7H,8-9H2,1-2H3. The van der Waals surface area contributed by atoms with E-state index in [1.807, 2.05) is 24.3 Å². The van der Waals surface area contributed by atoms with Crippen molar-refractivity contribution in [3.05, 3.63) is 46.1 Å². The molecule has 0 N–H and O–H groups in total. The van der Waals surface area contributed by atoms with Crippen molar-refractivity contribution >= 4 is 31.9 Å². The van der Waals surface area contributed by atoms with E-state index < -0.39 is 0 Å². The lowest BCUT2D eigenvalue weighted by Gasteiger charge is -2.14. The molecule has 2 rings (SSSR count). The second-order valence-electron chi connectivity index (χ2n) is 4.20. The van der Waals surface area contributed by atoms with Gasteiger partial charge in [0, 0.05) is 11.4 Å². The Kier molecular flexibility index (Phi) is 5.87. The summed E-state index contributed by atoms with van der Waals surface area (Å²) in [5.41, 5.74) is 1.89. The Morgan fingerprint density at radius 1 is 1.14 bits per heavy atom. The van der Waals surface area contributed by atoms with E-state index in [1.54, 1.807) is 20.3 Å². The van der Waals surface area contributed by atoms with Crippen LogP contribution in [0.15, 0.2) is 34.8 Å². The molecule has 0 aliphatic heterocycles. The van der Waals surface area contributed by atoms with Crippen molar-refractivity contribution in [1.29, 1.82) is 0 Å². The molecule has 112 valence electrons. The van der Waals surface area contributed by atoms with Gasteiger partial charge in [0.25, 0.3) is 0 Å². The molecule has 1 aromatic heterocycles. The molecule has 0 atom stereocenters. The maximum atomic E-state index is 5.84. The van der Waals surface area contributed by atoms with Gasteiger partial charge in [-0.3, -0.25) is 0 Å². The number of methoxy groups -OCH3 is 2. The molecule has 0 spiro atoms. The van der Waals surface area contributed by atoms with Crippen LogP contribution in [0.3, 0.4) is 0 Å². The van der Waals surface area contributed by atoms with Gasteiger partial charge >= 0.3 is 0 Å². The van der Waals surface area contributed by atoms with Crippen molar-refractivity contribution in [1.82, 2.24) is 4.98 Å². The molecule has 2 aromatic rings. The van der Waals surface area contributed by atoms with Gasteiger partial charge in [0.05, 0.1) is 24.4 Å². The molecule has 0 fully saturated rings. The van der Waals surface area contributed by atoms with Crippen LogP contribution >= 0.6 is 31.9 Å². The SMILES string of the molecule is COc1cccc(COc2c(Br)cc(CBr)cc2OC)n1. The van der Waals surface area contributed by atoms with Gasteiger partial charge in [-0.05, 0) is 39.7 Å². The van der Waals surface area contributed by atoms with Crippen molar-refractivity contribution in [2.24, 2.45) is 0 Å². The number of rotatable bonds is 6. The highest BCUT2D eigenvalue weighted by Crippen LogP contribution is 2.37. The Morgan fingerprint density at radius 2 is 1.95 bits per heavy atom. The number of alkyl halides is 1. The third-order valence-corrected chi connectivity index (χ3v) is 4.03. The molecule has 4 nitrogen and oxygen atoms in total. The fraction of sp³-hybridized carbons (Fsp3) is 0.267. The number of benzene rings is 1. The molecule has 0 bridgehead atoms. The van der Waals surface area contributed by atoms with Gasteiger partial charge in [-0.2, -0.15) is 0 Å². The topological polar surface area (TPSA) is 40.6 Å². The summed E-state index contributed by atoms with van der Waals surface area (Å²) in [6.45, 7) is 0.333. The number of hydrogen-bond donors (Lipinski definition) is 0. The average Bonchev–Trinajstić information content (AvgIpc) is 2.53. The van der Waals surface area contributed by atoms with Crippen molar-refractivity contribution in [2.45, 2.75) is 11.9 Å². The Balaban J connectivity index is 2.19. The predicted molar refractivity (Wildman–Crippen MR) is 88.4 cm³/mol. The van der Waals surface area contributed by atoms with Crippen molar-refractivity contribution < 1.29 is 14.2 Å².